The summed E-state index contributed by atoms with van der Waals surface area (Å²) in [5, 5.41) is 3.99. The van der Waals surface area contributed by atoms with Crippen LogP contribution in [0.15, 0.2) is 102 Å². The first-order valence-electron chi connectivity index (χ1n) is 9.27. The minimum Gasteiger partial charge on any atom is -0.346 e. The van der Waals surface area contributed by atoms with Gasteiger partial charge in [-0.15, -0.1) is 0 Å². The lowest BCUT2D eigenvalue weighted by Crippen LogP contribution is -2.26. The normalized spacial score (nSPS) is 11.8. The number of carbonyl (C=O) groups is 1. The quantitative estimate of drug-likeness (QED) is 0.500. The standard InChI is InChI=1S/C23H20N4OS/c1-17(18-5-9-20(10-6-18)27-15-14-24-16-27)26-23(28)19-7-11-21(12-8-19)29-22-4-2-3-13-25-22/h2-17H,1H3,(H,26,28). The molecule has 29 heavy (non-hydrogen) atoms. The van der Waals surface area contributed by atoms with Crippen LogP contribution >= 0.6 is 11.8 Å². The summed E-state index contributed by atoms with van der Waals surface area (Å²) in [6.45, 7) is 1.98. The summed E-state index contributed by atoms with van der Waals surface area (Å²) in [6.07, 6.45) is 7.18. The molecular weight excluding hydrogens is 380 g/mol. The highest BCUT2D eigenvalue weighted by atomic mass is 32.2. The molecule has 1 N–H and O–H groups in total. The molecule has 1 atom stereocenters. The van der Waals surface area contributed by atoms with Crippen molar-refractivity contribution in [1.29, 1.82) is 0 Å². The number of pyridine rings is 1. The fourth-order valence-electron chi connectivity index (χ4n) is 2.91. The molecule has 2 aromatic heterocycles. The molecule has 2 aromatic carbocycles. The molecule has 0 aliphatic heterocycles. The molecule has 0 saturated carbocycles. The van der Waals surface area contributed by atoms with Gasteiger partial charge in [0, 0.05) is 34.7 Å². The number of nitrogens with zero attached hydrogens (tertiary/aromatic N) is 3. The van der Waals surface area contributed by atoms with E-state index in [0.29, 0.717) is 5.56 Å². The highest BCUT2D eigenvalue weighted by Crippen LogP contribution is 2.25. The topological polar surface area (TPSA) is 59.8 Å². The SMILES string of the molecule is CC(NC(=O)c1ccc(Sc2ccccn2)cc1)c1ccc(-n2ccnc2)cc1. The van der Waals surface area contributed by atoms with Crippen LogP contribution in [0.1, 0.15) is 28.9 Å². The summed E-state index contributed by atoms with van der Waals surface area (Å²) in [4.78, 5) is 22.0. The third kappa shape index (κ3) is 4.73. The molecule has 4 aromatic rings. The molecule has 0 spiro atoms. The first-order chi connectivity index (χ1) is 14.2. The molecule has 0 bridgehead atoms. The molecule has 6 heteroatoms. The van der Waals surface area contributed by atoms with E-state index in [2.05, 4.69) is 15.3 Å². The minimum atomic E-state index is -0.0955. The number of nitrogens with one attached hydrogen (secondary N) is 1. The molecular formula is C23H20N4OS. The van der Waals surface area contributed by atoms with Crippen molar-refractivity contribution in [2.24, 2.45) is 0 Å². The molecule has 5 nitrogen and oxygen atoms in total. The number of carbonyl (C=O) groups excluding carboxylic acids is 1. The van der Waals surface area contributed by atoms with E-state index >= 15 is 0 Å². The van der Waals surface area contributed by atoms with E-state index in [4.69, 9.17) is 0 Å². The van der Waals surface area contributed by atoms with E-state index in [-0.39, 0.29) is 11.9 Å². The fraction of sp³-hybridized carbons (Fsp3) is 0.0870. The van der Waals surface area contributed by atoms with Crippen molar-refractivity contribution in [3.63, 3.8) is 0 Å². The second-order valence-corrected chi connectivity index (χ2v) is 7.64. The van der Waals surface area contributed by atoms with Gasteiger partial charge < -0.3 is 9.88 Å². The van der Waals surface area contributed by atoms with Crippen LogP contribution in [0.3, 0.4) is 0 Å². The summed E-state index contributed by atoms with van der Waals surface area (Å²) >= 11 is 1.57. The van der Waals surface area contributed by atoms with E-state index in [1.807, 2.05) is 84.4 Å². The predicted octanol–water partition coefficient (Wildman–Crippen LogP) is 4.91. The summed E-state index contributed by atoms with van der Waals surface area (Å²) in [5.41, 5.74) is 2.72. The number of hydrogen-bond acceptors (Lipinski definition) is 4. The van der Waals surface area contributed by atoms with Crippen molar-refractivity contribution in [2.75, 3.05) is 0 Å². The lowest BCUT2D eigenvalue weighted by atomic mass is 10.1. The van der Waals surface area contributed by atoms with Crippen LogP contribution in [0.5, 0.6) is 0 Å². The van der Waals surface area contributed by atoms with Crippen LogP contribution in [0.2, 0.25) is 0 Å². The molecule has 0 fully saturated rings. The Bertz CT molecular complexity index is 1060. The Labute approximate surface area is 173 Å². The Morgan fingerprint density at radius 3 is 2.45 bits per heavy atom. The van der Waals surface area contributed by atoms with E-state index < -0.39 is 0 Å². The molecule has 0 radical (unpaired) electrons. The highest BCUT2D eigenvalue weighted by molar-refractivity contribution is 7.99. The first kappa shape index (κ1) is 19.0. The lowest BCUT2D eigenvalue weighted by molar-refractivity contribution is 0.0940. The van der Waals surface area contributed by atoms with Crippen LogP contribution in [0, 0.1) is 0 Å². The Morgan fingerprint density at radius 2 is 1.79 bits per heavy atom. The molecule has 2 heterocycles. The van der Waals surface area contributed by atoms with Crippen molar-refractivity contribution < 1.29 is 4.79 Å². The molecule has 144 valence electrons. The van der Waals surface area contributed by atoms with Gasteiger partial charge in [-0.05, 0) is 61.0 Å². The number of benzene rings is 2. The van der Waals surface area contributed by atoms with Crippen molar-refractivity contribution in [3.05, 3.63) is 103 Å². The van der Waals surface area contributed by atoms with Crippen LogP contribution in [-0.2, 0) is 0 Å². The Balaban J connectivity index is 1.38. The average Bonchev–Trinajstić information content (AvgIpc) is 3.30. The zero-order chi connectivity index (χ0) is 20.1. The van der Waals surface area contributed by atoms with Gasteiger partial charge in [-0.3, -0.25) is 4.79 Å². The van der Waals surface area contributed by atoms with Gasteiger partial charge in [0.15, 0.2) is 0 Å². The monoisotopic (exact) mass is 400 g/mol. The molecule has 0 aliphatic rings. The number of rotatable bonds is 6. The minimum absolute atomic E-state index is 0.0921. The average molecular weight is 401 g/mol. The van der Waals surface area contributed by atoms with Crippen LogP contribution in [-0.4, -0.2) is 20.4 Å². The first-order valence-corrected chi connectivity index (χ1v) is 10.1. The maximum atomic E-state index is 12.6. The summed E-state index contributed by atoms with van der Waals surface area (Å²) in [7, 11) is 0. The van der Waals surface area contributed by atoms with Gasteiger partial charge >= 0.3 is 0 Å². The predicted molar refractivity (Wildman–Crippen MR) is 114 cm³/mol. The second-order valence-electron chi connectivity index (χ2n) is 6.55. The lowest BCUT2D eigenvalue weighted by Gasteiger charge is -2.15. The maximum absolute atomic E-state index is 12.6. The van der Waals surface area contributed by atoms with Gasteiger partial charge in [0.25, 0.3) is 5.91 Å². The van der Waals surface area contributed by atoms with Crippen LogP contribution < -0.4 is 5.32 Å². The van der Waals surface area contributed by atoms with Crippen LogP contribution in [0.25, 0.3) is 5.69 Å². The molecule has 0 aliphatic carbocycles. The van der Waals surface area contributed by atoms with Crippen molar-refractivity contribution >= 4 is 17.7 Å². The van der Waals surface area contributed by atoms with Crippen molar-refractivity contribution in [3.8, 4) is 5.69 Å². The Hall–Kier alpha value is -3.38. The zero-order valence-electron chi connectivity index (χ0n) is 15.9. The number of imidazole rings is 1. The largest absolute Gasteiger partial charge is 0.346 e. The molecule has 0 saturated heterocycles. The fourth-order valence-corrected chi connectivity index (χ4v) is 3.69. The highest BCUT2D eigenvalue weighted by Gasteiger charge is 2.12. The smallest absolute Gasteiger partial charge is 0.251 e. The number of hydrogen-bond donors (Lipinski definition) is 1. The third-order valence-corrected chi connectivity index (χ3v) is 5.48. The molecule has 1 amide bonds. The van der Waals surface area contributed by atoms with Gasteiger partial charge in [-0.25, -0.2) is 9.97 Å². The number of aromatic nitrogens is 3. The Morgan fingerprint density at radius 1 is 1.00 bits per heavy atom. The van der Waals surface area contributed by atoms with Gasteiger partial charge in [-0.2, -0.15) is 0 Å². The number of amides is 1. The zero-order valence-corrected chi connectivity index (χ0v) is 16.7. The van der Waals surface area contributed by atoms with E-state index in [1.165, 1.54) is 0 Å². The van der Waals surface area contributed by atoms with E-state index in [1.54, 1.807) is 30.5 Å². The van der Waals surface area contributed by atoms with Crippen LogP contribution in [0.4, 0.5) is 0 Å². The van der Waals surface area contributed by atoms with Crippen molar-refractivity contribution in [1.82, 2.24) is 19.9 Å². The molecule has 1 unspecified atom stereocenters. The molecule has 4 rings (SSSR count). The Kier molecular flexibility index (Phi) is 5.72. The summed E-state index contributed by atoms with van der Waals surface area (Å²) in [5.74, 6) is -0.0921. The van der Waals surface area contributed by atoms with Crippen molar-refractivity contribution in [2.45, 2.75) is 22.9 Å². The van der Waals surface area contributed by atoms with E-state index in [9.17, 15) is 4.79 Å². The van der Waals surface area contributed by atoms with Gasteiger partial charge in [-0.1, -0.05) is 30.0 Å². The van der Waals surface area contributed by atoms with Gasteiger partial charge in [0.2, 0.25) is 0 Å². The maximum Gasteiger partial charge on any atom is 0.251 e. The third-order valence-electron chi connectivity index (χ3n) is 4.52. The summed E-state index contributed by atoms with van der Waals surface area (Å²) in [6, 6.07) is 21.4. The second kappa shape index (κ2) is 8.75. The van der Waals surface area contributed by atoms with Gasteiger partial charge in [0.1, 0.15) is 5.03 Å². The van der Waals surface area contributed by atoms with E-state index in [0.717, 1.165) is 21.2 Å². The van der Waals surface area contributed by atoms with Gasteiger partial charge in [0.05, 0.1) is 12.4 Å². The summed E-state index contributed by atoms with van der Waals surface area (Å²) < 4.78 is 1.94.